The Morgan fingerprint density at radius 2 is 1.92 bits per heavy atom. The first-order valence-corrected chi connectivity index (χ1v) is 7.95. The van der Waals surface area contributed by atoms with Gasteiger partial charge in [-0.25, -0.2) is 4.39 Å². The molecule has 0 aliphatic rings. The summed E-state index contributed by atoms with van der Waals surface area (Å²) >= 11 is 0. The van der Waals surface area contributed by atoms with Crippen LogP contribution in [0.3, 0.4) is 0 Å². The van der Waals surface area contributed by atoms with E-state index >= 15 is 0 Å². The van der Waals surface area contributed by atoms with Crippen molar-refractivity contribution in [3.63, 3.8) is 0 Å². The lowest BCUT2D eigenvalue weighted by atomic mass is 9.99. The van der Waals surface area contributed by atoms with Crippen LogP contribution in [0.5, 0.6) is 0 Å². The average Bonchev–Trinajstić information content (AvgIpc) is 2.61. The third kappa shape index (κ3) is 5.16. The van der Waals surface area contributed by atoms with Crippen molar-refractivity contribution in [2.24, 2.45) is 5.92 Å². The third-order valence-corrected chi connectivity index (χ3v) is 3.99. The molecule has 2 rings (SSSR count). The summed E-state index contributed by atoms with van der Waals surface area (Å²) in [7, 11) is 0. The molecule has 0 unspecified atom stereocenters. The third-order valence-electron chi connectivity index (χ3n) is 3.99. The molecule has 0 fully saturated rings. The molecule has 126 valence electrons. The van der Waals surface area contributed by atoms with Crippen molar-refractivity contribution in [3.8, 4) is 12.1 Å². The summed E-state index contributed by atoms with van der Waals surface area (Å²) < 4.78 is 13.1. The highest BCUT2D eigenvalue weighted by molar-refractivity contribution is 5.81. The molecule has 0 aliphatic heterocycles. The topological polar surface area (TPSA) is 76.7 Å². The minimum absolute atomic E-state index is 0.280. The largest absolute Gasteiger partial charge is 0.355 e. The number of carbonyl (C=O) groups is 1. The Morgan fingerprint density at radius 1 is 1.20 bits per heavy atom. The molecule has 0 saturated carbocycles. The van der Waals surface area contributed by atoms with Crippen LogP contribution in [-0.4, -0.2) is 12.5 Å². The average molecular weight is 335 g/mol. The number of hydrogen-bond acceptors (Lipinski definition) is 3. The lowest BCUT2D eigenvalue weighted by Crippen LogP contribution is -2.32. The lowest BCUT2D eigenvalue weighted by molar-refractivity contribution is -0.123. The van der Waals surface area contributed by atoms with Crippen molar-refractivity contribution in [3.05, 3.63) is 70.5 Å². The molecule has 0 radical (unpaired) electrons. The van der Waals surface area contributed by atoms with E-state index in [2.05, 4.69) is 5.32 Å². The van der Waals surface area contributed by atoms with Gasteiger partial charge in [0.15, 0.2) is 0 Å². The highest BCUT2D eigenvalue weighted by Crippen LogP contribution is 2.12. The molecule has 0 heterocycles. The predicted octanol–water partition coefficient (Wildman–Crippen LogP) is 3.05. The molecule has 0 aliphatic carbocycles. The van der Waals surface area contributed by atoms with E-state index in [0.717, 1.165) is 16.7 Å². The maximum absolute atomic E-state index is 13.1. The number of amides is 1. The van der Waals surface area contributed by atoms with Crippen LogP contribution in [0.4, 0.5) is 4.39 Å². The maximum atomic E-state index is 13.1. The molecule has 0 spiro atoms. The second-order valence-electron chi connectivity index (χ2n) is 5.81. The molecule has 1 atom stereocenters. The number of halogens is 1. The van der Waals surface area contributed by atoms with E-state index < -0.39 is 5.92 Å². The lowest BCUT2D eigenvalue weighted by Gasteiger charge is -2.11. The van der Waals surface area contributed by atoms with E-state index in [-0.39, 0.29) is 11.7 Å². The zero-order valence-corrected chi connectivity index (χ0v) is 13.9. The van der Waals surface area contributed by atoms with Gasteiger partial charge in [0.1, 0.15) is 11.7 Å². The SMILES string of the molecule is Cc1cc(F)ccc1CCNC(=O)[C@@H](C#N)Cc1ccc(C#N)cc1. The second-order valence-corrected chi connectivity index (χ2v) is 5.81. The first kappa shape index (κ1) is 18.2. The number of nitrogens with zero attached hydrogens (tertiary/aromatic N) is 2. The van der Waals surface area contributed by atoms with Gasteiger partial charge in [0.2, 0.25) is 5.91 Å². The van der Waals surface area contributed by atoms with Crippen LogP contribution in [-0.2, 0) is 17.6 Å². The molecule has 2 aromatic carbocycles. The van der Waals surface area contributed by atoms with E-state index in [1.54, 1.807) is 30.3 Å². The smallest absolute Gasteiger partial charge is 0.237 e. The van der Waals surface area contributed by atoms with Crippen molar-refractivity contribution in [1.29, 1.82) is 10.5 Å². The molecule has 0 saturated heterocycles. The van der Waals surface area contributed by atoms with Crippen molar-refractivity contribution in [1.82, 2.24) is 5.32 Å². The van der Waals surface area contributed by atoms with Crippen LogP contribution in [0.15, 0.2) is 42.5 Å². The molecule has 5 heteroatoms. The first-order valence-electron chi connectivity index (χ1n) is 7.95. The summed E-state index contributed by atoms with van der Waals surface area (Å²) in [6.45, 7) is 2.21. The minimum Gasteiger partial charge on any atom is -0.355 e. The summed E-state index contributed by atoms with van der Waals surface area (Å²) in [5.74, 6) is -1.40. The fourth-order valence-corrected chi connectivity index (χ4v) is 2.53. The van der Waals surface area contributed by atoms with Crippen LogP contribution in [0.2, 0.25) is 0 Å². The summed E-state index contributed by atoms with van der Waals surface area (Å²) in [4.78, 5) is 12.2. The van der Waals surface area contributed by atoms with E-state index in [0.29, 0.717) is 24.9 Å². The van der Waals surface area contributed by atoms with E-state index in [1.807, 2.05) is 19.1 Å². The Bertz CT molecular complexity index is 832. The number of carbonyl (C=O) groups excluding carboxylic acids is 1. The highest BCUT2D eigenvalue weighted by Gasteiger charge is 2.18. The molecule has 1 N–H and O–H groups in total. The van der Waals surface area contributed by atoms with E-state index in [9.17, 15) is 14.4 Å². The van der Waals surface area contributed by atoms with Gasteiger partial charge in [-0.15, -0.1) is 0 Å². The van der Waals surface area contributed by atoms with Gasteiger partial charge in [-0.3, -0.25) is 4.79 Å². The van der Waals surface area contributed by atoms with Crippen LogP contribution in [0.1, 0.15) is 22.3 Å². The standard InChI is InChI=1S/C20H18FN3O/c1-14-10-19(21)7-6-17(14)8-9-24-20(25)18(13-23)11-15-2-4-16(12-22)5-3-15/h2-7,10,18H,8-9,11H2,1H3,(H,24,25)/t18-/m1/s1. The Labute approximate surface area is 146 Å². The summed E-state index contributed by atoms with van der Waals surface area (Å²) in [6, 6.07) is 15.4. The van der Waals surface area contributed by atoms with Crippen molar-refractivity contribution in [2.75, 3.05) is 6.54 Å². The molecule has 25 heavy (non-hydrogen) atoms. The van der Waals surface area contributed by atoms with Gasteiger partial charge in [-0.05, 0) is 60.7 Å². The van der Waals surface area contributed by atoms with Gasteiger partial charge in [-0.2, -0.15) is 10.5 Å². The van der Waals surface area contributed by atoms with E-state index in [1.165, 1.54) is 12.1 Å². The molecule has 4 nitrogen and oxygen atoms in total. The van der Waals surface area contributed by atoms with Crippen molar-refractivity contribution in [2.45, 2.75) is 19.8 Å². The minimum atomic E-state index is -0.790. The normalized spacial score (nSPS) is 11.2. The van der Waals surface area contributed by atoms with Crippen LogP contribution < -0.4 is 5.32 Å². The van der Waals surface area contributed by atoms with Crippen LogP contribution in [0.25, 0.3) is 0 Å². The van der Waals surface area contributed by atoms with Crippen LogP contribution >= 0.6 is 0 Å². The number of hydrogen-bond donors (Lipinski definition) is 1. The van der Waals surface area contributed by atoms with Gasteiger partial charge in [0.05, 0.1) is 17.7 Å². The fourth-order valence-electron chi connectivity index (χ4n) is 2.53. The number of benzene rings is 2. The summed E-state index contributed by atoms with van der Waals surface area (Å²) in [5, 5.41) is 20.8. The summed E-state index contributed by atoms with van der Waals surface area (Å²) in [6.07, 6.45) is 0.872. The monoisotopic (exact) mass is 335 g/mol. The highest BCUT2D eigenvalue weighted by atomic mass is 19.1. The molecular formula is C20H18FN3O. The number of nitrogens with one attached hydrogen (secondary N) is 1. The van der Waals surface area contributed by atoms with Gasteiger partial charge >= 0.3 is 0 Å². The number of nitriles is 2. The van der Waals surface area contributed by atoms with Crippen molar-refractivity contribution >= 4 is 5.91 Å². The Kier molecular flexibility index (Phi) is 6.26. The van der Waals surface area contributed by atoms with Gasteiger partial charge < -0.3 is 5.32 Å². The zero-order valence-electron chi connectivity index (χ0n) is 13.9. The molecule has 1 amide bonds. The van der Waals surface area contributed by atoms with Gasteiger partial charge in [0, 0.05) is 6.54 Å². The Morgan fingerprint density at radius 3 is 2.52 bits per heavy atom. The second kappa shape index (κ2) is 8.61. The predicted molar refractivity (Wildman–Crippen MR) is 91.8 cm³/mol. The molecular weight excluding hydrogens is 317 g/mol. The Balaban J connectivity index is 1.89. The first-order chi connectivity index (χ1) is 12.0. The maximum Gasteiger partial charge on any atom is 0.237 e. The van der Waals surface area contributed by atoms with Crippen LogP contribution in [0, 0.1) is 41.3 Å². The van der Waals surface area contributed by atoms with Crippen molar-refractivity contribution < 1.29 is 9.18 Å². The molecule has 0 aromatic heterocycles. The molecule has 2 aromatic rings. The Hall–Kier alpha value is -3.18. The quantitative estimate of drug-likeness (QED) is 0.881. The number of aryl methyl sites for hydroxylation is 1. The molecule has 0 bridgehead atoms. The summed E-state index contributed by atoms with van der Waals surface area (Å²) in [5.41, 5.74) is 3.16. The zero-order chi connectivity index (χ0) is 18.2. The van der Waals surface area contributed by atoms with Gasteiger partial charge in [0.25, 0.3) is 0 Å². The van der Waals surface area contributed by atoms with Gasteiger partial charge in [-0.1, -0.05) is 18.2 Å². The number of rotatable bonds is 6. The van der Waals surface area contributed by atoms with E-state index in [4.69, 9.17) is 5.26 Å². The fraction of sp³-hybridized carbons (Fsp3) is 0.250.